The largest absolute Gasteiger partial charge is 0.325 e. The minimum Gasteiger partial charge on any atom is -0.325 e. The molecule has 1 aromatic heterocycles. The number of benzene rings is 1. The highest BCUT2D eigenvalue weighted by Gasteiger charge is 2.17. The van der Waals surface area contributed by atoms with Crippen LogP contribution in [0.5, 0.6) is 0 Å². The first-order valence-electron chi connectivity index (χ1n) is 7.31. The van der Waals surface area contributed by atoms with E-state index in [0.717, 1.165) is 11.3 Å². The number of rotatable bonds is 7. The third-order valence-corrected chi connectivity index (χ3v) is 6.37. The summed E-state index contributed by atoms with van der Waals surface area (Å²) in [5.41, 5.74) is 1.03. The number of carbonyl (C=O) groups is 2. The molecule has 1 amide bonds. The zero-order valence-corrected chi connectivity index (χ0v) is 15.0. The van der Waals surface area contributed by atoms with E-state index >= 15 is 0 Å². The fourth-order valence-corrected chi connectivity index (χ4v) is 4.24. The van der Waals surface area contributed by atoms with Gasteiger partial charge < -0.3 is 5.32 Å². The van der Waals surface area contributed by atoms with Crippen LogP contribution in [0.25, 0.3) is 0 Å². The zero-order valence-electron chi connectivity index (χ0n) is 13.3. The highest BCUT2D eigenvalue weighted by atomic mass is 32.2. The molecule has 24 heavy (non-hydrogen) atoms. The second-order valence-corrected chi connectivity index (χ2v) is 8.24. The summed E-state index contributed by atoms with van der Waals surface area (Å²) in [6, 6.07) is 9.67. The quantitative estimate of drug-likeness (QED) is 0.736. The van der Waals surface area contributed by atoms with Crippen LogP contribution in [0.15, 0.2) is 40.6 Å². The SMILES string of the molecule is CCc1ccc(S(=O)(=O)NCC(=O)Nc2ccc(C(C)=O)cc2)s1. The standard InChI is InChI=1S/C16H18N2O4S2/c1-3-14-8-9-16(23-14)24(21,22)17-10-15(20)18-13-6-4-12(5-7-13)11(2)19/h4-9,17H,3,10H2,1-2H3,(H,18,20). The molecule has 128 valence electrons. The number of amides is 1. The van der Waals surface area contributed by atoms with Crippen LogP contribution in [-0.4, -0.2) is 26.7 Å². The van der Waals surface area contributed by atoms with E-state index in [1.165, 1.54) is 24.3 Å². The molecule has 0 spiro atoms. The number of Topliss-reactive ketones (excluding diaryl/α,β-unsaturated/α-hetero) is 1. The number of nitrogens with one attached hydrogen (secondary N) is 2. The maximum absolute atomic E-state index is 12.1. The van der Waals surface area contributed by atoms with Gasteiger partial charge in [-0.15, -0.1) is 11.3 Å². The number of aryl methyl sites for hydroxylation is 1. The summed E-state index contributed by atoms with van der Waals surface area (Å²) >= 11 is 1.19. The third kappa shape index (κ3) is 4.73. The van der Waals surface area contributed by atoms with Crippen LogP contribution in [-0.2, 0) is 21.2 Å². The Morgan fingerprint density at radius 3 is 2.29 bits per heavy atom. The number of sulfonamides is 1. The second-order valence-electron chi connectivity index (χ2n) is 5.08. The molecule has 0 bridgehead atoms. The molecule has 0 atom stereocenters. The van der Waals surface area contributed by atoms with Crippen molar-refractivity contribution in [3.05, 3.63) is 46.8 Å². The Labute approximate surface area is 145 Å². The number of hydrogen-bond donors (Lipinski definition) is 2. The van der Waals surface area contributed by atoms with Gasteiger partial charge in [0.05, 0.1) is 6.54 Å². The molecule has 6 nitrogen and oxygen atoms in total. The molecule has 1 heterocycles. The molecule has 0 aliphatic rings. The summed E-state index contributed by atoms with van der Waals surface area (Å²) in [5, 5.41) is 2.57. The van der Waals surface area contributed by atoms with Gasteiger partial charge in [-0.3, -0.25) is 9.59 Å². The predicted octanol–water partition coefficient (Wildman–Crippen LogP) is 2.43. The number of ketones is 1. The van der Waals surface area contributed by atoms with E-state index in [-0.39, 0.29) is 16.5 Å². The maximum atomic E-state index is 12.1. The monoisotopic (exact) mass is 366 g/mol. The molecule has 0 saturated carbocycles. The summed E-state index contributed by atoms with van der Waals surface area (Å²) in [6.45, 7) is 3.04. The van der Waals surface area contributed by atoms with E-state index in [4.69, 9.17) is 0 Å². The van der Waals surface area contributed by atoms with E-state index in [2.05, 4.69) is 10.0 Å². The molecule has 0 saturated heterocycles. The van der Waals surface area contributed by atoms with Gasteiger partial charge in [-0.1, -0.05) is 6.92 Å². The molecule has 2 aromatic rings. The number of anilines is 1. The smallest absolute Gasteiger partial charge is 0.250 e. The summed E-state index contributed by atoms with van der Waals surface area (Å²) in [4.78, 5) is 24.0. The van der Waals surface area contributed by atoms with E-state index in [0.29, 0.717) is 11.3 Å². The van der Waals surface area contributed by atoms with Crippen molar-refractivity contribution in [1.82, 2.24) is 4.72 Å². The van der Waals surface area contributed by atoms with E-state index in [9.17, 15) is 18.0 Å². The van der Waals surface area contributed by atoms with Crippen LogP contribution in [0.1, 0.15) is 29.1 Å². The van der Waals surface area contributed by atoms with Gasteiger partial charge in [-0.25, -0.2) is 13.1 Å². The van der Waals surface area contributed by atoms with Crippen LogP contribution < -0.4 is 10.0 Å². The van der Waals surface area contributed by atoms with Crippen LogP contribution in [0, 0.1) is 0 Å². The molecular formula is C16H18N2O4S2. The Balaban J connectivity index is 1.93. The fraction of sp³-hybridized carbons (Fsp3) is 0.250. The maximum Gasteiger partial charge on any atom is 0.250 e. The first-order chi connectivity index (χ1) is 11.3. The molecule has 0 radical (unpaired) electrons. The van der Waals surface area contributed by atoms with Crippen LogP contribution in [0.4, 0.5) is 5.69 Å². The van der Waals surface area contributed by atoms with Gasteiger partial charge in [0.2, 0.25) is 5.91 Å². The Morgan fingerprint density at radius 1 is 1.08 bits per heavy atom. The molecule has 0 aliphatic carbocycles. The van der Waals surface area contributed by atoms with Gasteiger partial charge in [-0.2, -0.15) is 0 Å². The highest BCUT2D eigenvalue weighted by Crippen LogP contribution is 2.21. The van der Waals surface area contributed by atoms with Crippen molar-refractivity contribution in [3.63, 3.8) is 0 Å². The molecule has 2 rings (SSSR count). The van der Waals surface area contributed by atoms with Crippen molar-refractivity contribution in [3.8, 4) is 0 Å². The highest BCUT2D eigenvalue weighted by molar-refractivity contribution is 7.91. The average molecular weight is 366 g/mol. The van der Waals surface area contributed by atoms with Gasteiger partial charge in [0.25, 0.3) is 10.0 Å². The number of hydrogen-bond acceptors (Lipinski definition) is 5. The van der Waals surface area contributed by atoms with Crippen LogP contribution in [0.3, 0.4) is 0 Å². The van der Waals surface area contributed by atoms with Gasteiger partial charge in [-0.05, 0) is 49.7 Å². The first-order valence-corrected chi connectivity index (χ1v) is 9.61. The van der Waals surface area contributed by atoms with E-state index in [1.54, 1.807) is 30.3 Å². The minimum absolute atomic E-state index is 0.0666. The Hall–Kier alpha value is -2.03. The van der Waals surface area contributed by atoms with Crippen molar-refractivity contribution in [1.29, 1.82) is 0 Å². The molecule has 2 N–H and O–H groups in total. The fourth-order valence-electron chi connectivity index (χ4n) is 1.92. The summed E-state index contributed by atoms with van der Waals surface area (Å²) in [5.74, 6) is -0.551. The van der Waals surface area contributed by atoms with Gasteiger partial charge in [0.15, 0.2) is 5.78 Å². The Kier molecular flexibility index (Phi) is 5.87. The molecule has 0 fully saturated rings. The van der Waals surface area contributed by atoms with Crippen molar-refractivity contribution in [2.24, 2.45) is 0 Å². The predicted molar refractivity (Wildman–Crippen MR) is 94.0 cm³/mol. The lowest BCUT2D eigenvalue weighted by atomic mass is 10.1. The molecule has 0 aliphatic heterocycles. The summed E-state index contributed by atoms with van der Waals surface area (Å²) in [6.07, 6.45) is 0.761. The van der Waals surface area contributed by atoms with Crippen molar-refractivity contribution < 1.29 is 18.0 Å². The number of carbonyl (C=O) groups excluding carboxylic acids is 2. The van der Waals surface area contributed by atoms with Crippen molar-refractivity contribution >= 4 is 38.7 Å². The van der Waals surface area contributed by atoms with Gasteiger partial charge in [0.1, 0.15) is 4.21 Å². The average Bonchev–Trinajstić information content (AvgIpc) is 3.03. The van der Waals surface area contributed by atoms with Crippen LogP contribution >= 0.6 is 11.3 Å². The lowest BCUT2D eigenvalue weighted by Gasteiger charge is -2.07. The van der Waals surface area contributed by atoms with Gasteiger partial charge >= 0.3 is 0 Å². The lowest BCUT2D eigenvalue weighted by Crippen LogP contribution is -2.32. The molecule has 8 heteroatoms. The molecular weight excluding hydrogens is 348 g/mol. The zero-order chi connectivity index (χ0) is 17.7. The Morgan fingerprint density at radius 2 is 1.75 bits per heavy atom. The Bertz CT molecular complexity index is 839. The second kappa shape index (κ2) is 7.69. The van der Waals surface area contributed by atoms with Crippen LogP contribution in [0.2, 0.25) is 0 Å². The van der Waals surface area contributed by atoms with E-state index < -0.39 is 15.9 Å². The lowest BCUT2D eigenvalue weighted by molar-refractivity contribution is -0.115. The van der Waals surface area contributed by atoms with E-state index in [1.807, 2.05) is 6.92 Å². The topological polar surface area (TPSA) is 92.3 Å². The molecule has 0 unspecified atom stereocenters. The number of thiophene rings is 1. The summed E-state index contributed by atoms with van der Waals surface area (Å²) < 4.78 is 26.7. The van der Waals surface area contributed by atoms with Gasteiger partial charge in [0, 0.05) is 16.1 Å². The summed E-state index contributed by atoms with van der Waals surface area (Å²) in [7, 11) is -3.69. The van der Waals surface area contributed by atoms with Crippen molar-refractivity contribution in [2.75, 3.05) is 11.9 Å². The third-order valence-electron chi connectivity index (χ3n) is 3.25. The minimum atomic E-state index is -3.69. The molecule has 1 aromatic carbocycles. The first kappa shape index (κ1) is 18.3. The van der Waals surface area contributed by atoms with Crippen molar-refractivity contribution in [2.45, 2.75) is 24.5 Å². The normalized spacial score (nSPS) is 11.2.